The van der Waals surface area contributed by atoms with Crippen LogP contribution in [0.5, 0.6) is 5.75 Å². The molecular formula is C16H18F2N2O. The van der Waals surface area contributed by atoms with Gasteiger partial charge in [0.25, 0.3) is 0 Å². The number of nitrogens with two attached hydrogens (primary N) is 1. The van der Waals surface area contributed by atoms with Gasteiger partial charge in [0, 0.05) is 12.2 Å². The third-order valence-electron chi connectivity index (χ3n) is 3.01. The Morgan fingerprint density at radius 1 is 1.24 bits per heavy atom. The predicted octanol–water partition coefficient (Wildman–Crippen LogP) is 3.39. The van der Waals surface area contributed by atoms with E-state index in [-0.39, 0.29) is 18.1 Å². The average molecular weight is 292 g/mol. The molecule has 2 N–H and O–H groups in total. The SMILES string of the molecule is CC(C)Oc1cncc(C(N)Cc2cccc(F)c2F)c1. The van der Waals surface area contributed by atoms with Crippen molar-refractivity contribution in [2.45, 2.75) is 32.4 Å². The van der Waals surface area contributed by atoms with Crippen LogP contribution in [0.2, 0.25) is 0 Å². The zero-order valence-corrected chi connectivity index (χ0v) is 12.0. The van der Waals surface area contributed by atoms with Crippen molar-refractivity contribution in [1.29, 1.82) is 0 Å². The number of halogens is 2. The van der Waals surface area contributed by atoms with Crippen LogP contribution in [0, 0.1) is 11.6 Å². The lowest BCUT2D eigenvalue weighted by Gasteiger charge is -2.15. The second kappa shape index (κ2) is 6.63. The van der Waals surface area contributed by atoms with Crippen molar-refractivity contribution in [3.8, 4) is 5.75 Å². The standard InChI is InChI=1S/C16H18F2N2O/c1-10(2)21-13-6-12(8-20-9-13)15(19)7-11-4-3-5-14(17)16(11)18/h3-6,8-10,15H,7,19H2,1-2H3. The number of hydrogen-bond acceptors (Lipinski definition) is 3. The van der Waals surface area contributed by atoms with Gasteiger partial charge in [0.1, 0.15) is 5.75 Å². The van der Waals surface area contributed by atoms with E-state index in [1.807, 2.05) is 13.8 Å². The highest BCUT2D eigenvalue weighted by atomic mass is 19.2. The molecule has 0 fully saturated rings. The molecule has 21 heavy (non-hydrogen) atoms. The summed E-state index contributed by atoms with van der Waals surface area (Å²) < 4.78 is 32.4. The minimum atomic E-state index is -0.866. The Kier molecular flexibility index (Phi) is 4.85. The second-order valence-electron chi connectivity index (χ2n) is 5.14. The maximum absolute atomic E-state index is 13.7. The van der Waals surface area contributed by atoms with E-state index in [9.17, 15) is 8.78 Å². The first kappa shape index (κ1) is 15.4. The third kappa shape index (κ3) is 3.98. The van der Waals surface area contributed by atoms with Crippen LogP contribution in [0.3, 0.4) is 0 Å². The van der Waals surface area contributed by atoms with E-state index in [2.05, 4.69) is 4.98 Å². The minimum Gasteiger partial charge on any atom is -0.489 e. The summed E-state index contributed by atoms with van der Waals surface area (Å²) in [7, 11) is 0. The van der Waals surface area contributed by atoms with Crippen LogP contribution in [0.1, 0.15) is 31.0 Å². The number of pyridine rings is 1. The summed E-state index contributed by atoms with van der Waals surface area (Å²) in [5.74, 6) is -1.11. The van der Waals surface area contributed by atoms with Gasteiger partial charge >= 0.3 is 0 Å². The van der Waals surface area contributed by atoms with Crippen molar-refractivity contribution in [1.82, 2.24) is 4.98 Å². The largest absolute Gasteiger partial charge is 0.489 e. The Hall–Kier alpha value is -2.01. The molecular weight excluding hydrogens is 274 g/mol. The van der Waals surface area contributed by atoms with Crippen molar-refractivity contribution in [3.63, 3.8) is 0 Å². The highest BCUT2D eigenvalue weighted by molar-refractivity contribution is 5.28. The molecule has 1 atom stereocenters. The lowest BCUT2D eigenvalue weighted by molar-refractivity contribution is 0.241. The highest BCUT2D eigenvalue weighted by Crippen LogP contribution is 2.22. The van der Waals surface area contributed by atoms with Gasteiger partial charge in [-0.05, 0) is 43.5 Å². The molecule has 0 amide bonds. The van der Waals surface area contributed by atoms with Gasteiger partial charge < -0.3 is 10.5 Å². The normalized spacial score (nSPS) is 12.5. The maximum atomic E-state index is 13.7. The molecule has 1 aromatic heterocycles. The van der Waals surface area contributed by atoms with Gasteiger partial charge in [-0.15, -0.1) is 0 Å². The molecule has 0 aliphatic rings. The minimum absolute atomic E-state index is 0.0268. The van der Waals surface area contributed by atoms with E-state index >= 15 is 0 Å². The summed E-state index contributed by atoms with van der Waals surface area (Å²) >= 11 is 0. The number of ether oxygens (including phenoxy) is 1. The number of aromatic nitrogens is 1. The predicted molar refractivity (Wildman–Crippen MR) is 77.0 cm³/mol. The molecule has 0 aliphatic carbocycles. The summed E-state index contributed by atoms with van der Waals surface area (Å²) in [4.78, 5) is 4.07. The molecule has 0 radical (unpaired) electrons. The first-order valence-electron chi connectivity index (χ1n) is 6.77. The molecule has 0 saturated heterocycles. The molecule has 1 unspecified atom stereocenters. The molecule has 112 valence electrons. The van der Waals surface area contributed by atoms with Crippen molar-refractivity contribution in [3.05, 3.63) is 59.4 Å². The van der Waals surface area contributed by atoms with Crippen LogP contribution in [0.4, 0.5) is 8.78 Å². The number of hydrogen-bond donors (Lipinski definition) is 1. The van der Waals surface area contributed by atoms with Gasteiger partial charge in [0.15, 0.2) is 11.6 Å². The first-order valence-corrected chi connectivity index (χ1v) is 6.77. The Morgan fingerprint density at radius 3 is 2.71 bits per heavy atom. The quantitative estimate of drug-likeness (QED) is 0.919. The summed E-state index contributed by atoms with van der Waals surface area (Å²) in [5, 5.41) is 0. The van der Waals surface area contributed by atoms with E-state index in [0.29, 0.717) is 5.75 Å². The fraction of sp³-hybridized carbons (Fsp3) is 0.312. The third-order valence-corrected chi connectivity index (χ3v) is 3.01. The number of nitrogens with zero attached hydrogens (tertiary/aromatic N) is 1. The van der Waals surface area contributed by atoms with Gasteiger partial charge in [-0.1, -0.05) is 12.1 Å². The molecule has 0 aliphatic heterocycles. The summed E-state index contributed by atoms with van der Waals surface area (Å²) in [6, 6.07) is 5.37. The monoisotopic (exact) mass is 292 g/mol. The van der Waals surface area contributed by atoms with Crippen LogP contribution in [0.15, 0.2) is 36.7 Å². The zero-order valence-electron chi connectivity index (χ0n) is 12.0. The Labute approximate surface area is 122 Å². The molecule has 5 heteroatoms. The smallest absolute Gasteiger partial charge is 0.162 e. The van der Waals surface area contributed by atoms with Crippen molar-refractivity contribution in [2.75, 3.05) is 0 Å². The summed E-state index contributed by atoms with van der Waals surface area (Å²) in [5.41, 5.74) is 7.03. The molecule has 3 nitrogen and oxygen atoms in total. The molecule has 0 bridgehead atoms. The van der Waals surface area contributed by atoms with E-state index in [0.717, 1.165) is 11.6 Å². The second-order valence-corrected chi connectivity index (χ2v) is 5.14. The van der Waals surface area contributed by atoms with E-state index in [4.69, 9.17) is 10.5 Å². The molecule has 2 aromatic rings. The fourth-order valence-electron chi connectivity index (χ4n) is 2.04. The van der Waals surface area contributed by atoms with Crippen LogP contribution in [0.25, 0.3) is 0 Å². The van der Waals surface area contributed by atoms with Crippen LogP contribution >= 0.6 is 0 Å². The average Bonchev–Trinajstić information content (AvgIpc) is 2.43. The van der Waals surface area contributed by atoms with Crippen molar-refractivity contribution < 1.29 is 13.5 Å². The fourth-order valence-corrected chi connectivity index (χ4v) is 2.04. The van der Waals surface area contributed by atoms with Crippen molar-refractivity contribution in [2.24, 2.45) is 5.73 Å². The van der Waals surface area contributed by atoms with E-state index in [1.54, 1.807) is 18.5 Å². The first-order chi connectivity index (χ1) is 9.97. The number of rotatable bonds is 5. The Balaban J connectivity index is 2.16. The van der Waals surface area contributed by atoms with E-state index in [1.165, 1.54) is 12.1 Å². The topological polar surface area (TPSA) is 48.1 Å². The van der Waals surface area contributed by atoms with Gasteiger partial charge in [0.2, 0.25) is 0 Å². The van der Waals surface area contributed by atoms with Gasteiger partial charge in [-0.3, -0.25) is 4.98 Å². The Bertz CT molecular complexity index is 617. The molecule has 0 spiro atoms. The van der Waals surface area contributed by atoms with Crippen LogP contribution in [-0.2, 0) is 6.42 Å². The maximum Gasteiger partial charge on any atom is 0.162 e. The molecule has 2 rings (SSSR count). The highest BCUT2D eigenvalue weighted by Gasteiger charge is 2.14. The lowest BCUT2D eigenvalue weighted by Crippen LogP contribution is -2.15. The molecule has 1 aromatic carbocycles. The number of benzene rings is 1. The van der Waals surface area contributed by atoms with Gasteiger partial charge in [-0.25, -0.2) is 8.78 Å². The van der Waals surface area contributed by atoms with Gasteiger partial charge in [0.05, 0.1) is 12.3 Å². The van der Waals surface area contributed by atoms with E-state index < -0.39 is 17.7 Å². The zero-order chi connectivity index (χ0) is 15.4. The lowest BCUT2D eigenvalue weighted by atomic mass is 10.0. The van der Waals surface area contributed by atoms with Gasteiger partial charge in [-0.2, -0.15) is 0 Å². The van der Waals surface area contributed by atoms with Crippen LogP contribution < -0.4 is 10.5 Å². The van der Waals surface area contributed by atoms with Crippen molar-refractivity contribution >= 4 is 0 Å². The Morgan fingerprint density at radius 2 is 2.00 bits per heavy atom. The molecule has 0 saturated carbocycles. The summed E-state index contributed by atoms with van der Waals surface area (Å²) in [6.07, 6.45) is 3.42. The summed E-state index contributed by atoms with van der Waals surface area (Å²) in [6.45, 7) is 3.82. The van der Waals surface area contributed by atoms with Crippen LogP contribution in [-0.4, -0.2) is 11.1 Å². The molecule has 1 heterocycles.